The molecule has 0 saturated carbocycles. The number of hydrogen-bond donors (Lipinski definition) is 0. The molecule has 0 radical (unpaired) electrons. The van der Waals surface area contributed by atoms with Crippen molar-refractivity contribution in [2.24, 2.45) is 0 Å². The van der Waals surface area contributed by atoms with Crippen LogP contribution in [0.5, 0.6) is 0 Å². The van der Waals surface area contributed by atoms with Crippen LogP contribution in [-0.2, 0) is 4.74 Å². The summed E-state index contributed by atoms with van der Waals surface area (Å²) in [5.74, 6) is 0. The van der Waals surface area contributed by atoms with Crippen molar-refractivity contribution < 1.29 is 6.11 Å². The monoisotopic (exact) mass is 75.1 g/mol. The van der Waals surface area contributed by atoms with Crippen molar-refractivity contribution in [3.8, 4) is 0 Å². The van der Waals surface area contributed by atoms with E-state index in [9.17, 15) is 0 Å². The Hall–Kier alpha value is -0.0400. The molecule has 0 aliphatic heterocycles. The number of hydrogen-bond acceptors (Lipinski definition) is 1. The van der Waals surface area contributed by atoms with E-state index in [-0.39, 0.29) is 0 Å². The average Bonchev–Trinajstić information content (AvgIpc) is 1.61. The maximum absolute atomic E-state index is 6.58. The van der Waals surface area contributed by atoms with Crippen molar-refractivity contribution in [3.05, 3.63) is 0 Å². The molecule has 0 fully saturated rings. The first-order valence-corrected chi connectivity index (χ1v) is 1.78. The summed E-state index contributed by atoms with van der Waals surface area (Å²) in [5.41, 5.74) is 0. The van der Waals surface area contributed by atoms with Gasteiger partial charge in [-0.25, -0.2) is 0 Å². The van der Waals surface area contributed by atoms with E-state index in [1.54, 1.807) is 0 Å². The molecule has 1 heteroatoms. The molecule has 32 valence electrons. The third-order valence-corrected chi connectivity index (χ3v) is 0.348. The molecule has 0 saturated heterocycles. The van der Waals surface area contributed by atoms with Crippen molar-refractivity contribution >= 4 is 0 Å². The van der Waals surface area contributed by atoms with Gasteiger partial charge in [-0.3, -0.25) is 0 Å². The van der Waals surface area contributed by atoms with Gasteiger partial charge in [-0.15, -0.1) is 0 Å². The largest absolute Gasteiger partial charge is 0.382 e. The van der Waals surface area contributed by atoms with Crippen molar-refractivity contribution in [1.82, 2.24) is 0 Å². The fraction of sp³-hybridized carbons (Fsp3) is 1.00. The van der Waals surface area contributed by atoms with Gasteiger partial charge in [-0.1, -0.05) is 0 Å². The Morgan fingerprint density at radius 3 is 2.80 bits per heavy atom. The Bertz CT molecular complexity index is 19.5. The number of ether oxygens (including phenoxy) is 1. The zero-order valence-electron chi connectivity index (χ0n) is 4.53. The smallest absolute Gasteiger partial charge is 0.0437 e. The summed E-state index contributed by atoms with van der Waals surface area (Å²) >= 11 is 0. The SMILES string of the molecule is [2H]CCOCC. The minimum atomic E-state index is 0.383. The highest BCUT2D eigenvalue weighted by atomic mass is 16.5. The van der Waals surface area contributed by atoms with Gasteiger partial charge in [0.15, 0.2) is 0 Å². The fourth-order valence-corrected chi connectivity index (χ4v) is 0.144. The first kappa shape index (κ1) is 3.16. The molecule has 0 amide bonds. The minimum absolute atomic E-state index is 0.383. The van der Waals surface area contributed by atoms with Gasteiger partial charge in [0.25, 0.3) is 0 Å². The van der Waals surface area contributed by atoms with Crippen LogP contribution in [0.2, 0.25) is 0 Å². The highest BCUT2D eigenvalue weighted by molar-refractivity contribution is 4.07. The molecule has 0 N–H and O–H groups in total. The predicted octanol–water partition coefficient (Wildman–Crippen LogP) is 1.04. The molecular formula is C4H10O. The lowest BCUT2D eigenvalue weighted by atomic mass is 10.8. The lowest BCUT2D eigenvalue weighted by molar-refractivity contribution is 0.162. The predicted molar refractivity (Wildman–Crippen MR) is 22.2 cm³/mol. The van der Waals surface area contributed by atoms with Crippen LogP contribution >= 0.6 is 0 Å². The van der Waals surface area contributed by atoms with E-state index >= 15 is 0 Å². The lowest BCUT2D eigenvalue weighted by Crippen LogP contribution is -1.84. The quantitative estimate of drug-likeness (QED) is 0.446. The Kier molecular flexibility index (Phi) is 2.50. The summed E-state index contributed by atoms with van der Waals surface area (Å²) in [7, 11) is 0. The van der Waals surface area contributed by atoms with Crippen LogP contribution in [-0.4, -0.2) is 13.2 Å². The van der Waals surface area contributed by atoms with E-state index in [1.165, 1.54) is 0 Å². The Labute approximate surface area is 34.4 Å². The van der Waals surface area contributed by atoms with Gasteiger partial charge in [0.05, 0.1) is 0 Å². The van der Waals surface area contributed by atoms with Gasteiger partial charge >= 0.3 is 0 Å². The first-order chi connectivity index (χ1) is 2.91. The molecule has 0 heterocycles. The highest BCUT2D eigenvalue weighted by Crippen LogP contribution is 1.64. The lowest BCUT2D eigenvalue weighted by Gasteiger charge is -1.86. The van der Waals surface area contributed by atoms with Gasteiger partial charge in [0.1, 0.15) is 0 Å². The maximum Gasteiger partial charge on any atom is 0.0437 e. The average molecular weight is 75.1 g/mol. The van der Waals surface area contributed by atoms with Crippen molar-refractivity contribution in [3.63, 3.8) is 0 Å². The molecule has 0 aliphatic carbocycles. The third-order valence-electron chi connectivity index (χ3n) is 0.348. The summed E-state index contributed by atoms with van der Waals surface area (Å²) in [6.45, 7) is 3.62. The minimum Gasteiger partial charge on any atom is -0.382 e. The summed E-state index contributed by atoms with van der Waals surface area (Å²) in [6.07, 6.45) is 0. The summed E-state index contributed by atoms with van der Waals surface area (Å²) in [5, 5.41) is 0. The molecule has 0 spiro atoms. The van der Waals surface area contributed by atoms with Crippen molar-refractivity contribution in [2.75, 3.05) is 13.2 Å². The molecule has 0 aromatic carbocycles. The molecule has 0 atom stereocenters. The fourth-order valence-electron chi connectivity index (χ4n) is 0.144. The summed E-state index contributed by atoms with van der Waals surface area (Å²) in [4.78, 5) is 0. The van der Waals surface area contributed by atoms with E-state index in [0.717, 1.165) is 6.61 Å². The van der Waals surface area contributed by atoms with E-state index in [0.29, 0.717) is 13.5 Å². The van der Waals surface area contributed by atoms with Crippen LogP contribution in [0, 0.1) is 0 Å². The Morgan fingerprint density at radius 2 is 2.60 bits per heavy atom. The zero-order valence-corrected chi connectivity index (χ0v) is 3.53. The van der Waals surface area contributed by atoms with Gasteiger partial charge in [0.2, 0.25) is 0 Å². The molecule has 0 aromatic rings. The van der Waals surface area contributed by atoms with Gasteiger partial charge in [-0.2, -0.15) is 0 Å². The van der Waals surface area contributed by atoms with Crippen LogP contribution in [0.1, 0.15) is 15.2 Å². The summed E-state index contributed by atoms with van der Waals surface area (Å²) < 4.78 is 11.4. The normalized spacial score (nSPS) is 11.0. The standard InChI is InChI=1S/C4H10O/c1-3-5-4-2/h3-4H2,1-2H3/i1D. The molecule has 0 aliphatic rings. The van der Waals surface area contributed by atoms with E-state index in [4.69, 9.17) is 6.11 Å². The second-order valence-corrected chi connectivity index (χ2v) is 0.697. The molecule has 1 nitrogen and oxygen atoms in total. The topological polar surface area (TPSA) is 9.23 Å². The van der Waals surface area contributed by atoms with Gasteiger partial charge < -0.3 is 4.74 Å². The van der Waals surface area contributed by atoms with Crippen molar-refractivity contribution in [1.29, 1.82) is 0 Å². The molecule has 0 rings (SSSR count). The van der Waals surface area contributed by atoms with Gasteiger partial charge in [-0.05, 0) is 13.8 Å². The second-order valence-electron chi connectivity index (χ2n) is 0.697. The van der Waals surface area contributed by atoms with Crippen LogP contribution in [0.25, 0.3) is 0 Å². The van der Waals surface area contributed by atoms with Crippen molar-refractivity contribution in [2.45, 2.75) is 13.8 Å². The molecule has 0 unspecified atom stereocenters. The third kappa shape index (κ3) is 3.96. The first-order valence-electron chi connectivity index (χ1n) is 2.49. The van der Waals surface area contributed by atoms with Crippen LogP contribution in [0.3, 0.4) is 0 Å². The van der Waals surface area contributed by atoms with Crippen LogP contribution in [0.4, 0.5) is 0 Å². The Morgan fingerprint density at radius 1 is 1.80 bits per heavy atom. The van der Waals surface area contributed by atoms with Crippen LogP contribution < -0.4 is 0 Å². The second kappa shape index (κ2) is 3.96. The zero-order chi connectivity index (χ0) is 4.83. The van der Waals surface area contributed by atoms with E-state index < -0.39 is 0 Å². The molecular weight excluding hydrogens is 64.0 g/mol. The molecule has 0 aromatic heterocycles. The number of rotatable bonds is 2. The maximum atomic E-state index is 6.58. The van der Waals surface area contributed by atoms with Crippen LogP contribution in [0.15, 0.2) is 0 Å². The van der Waals surface area contributed by atoms with E-state index in [1.807, 2.05) is 6.92 Å². The van der Waals surface area contributed by atoms with E-state index in [2.05, 4.69) is 0 Å². The molecule has 5 heavy (non-hydrogen) atoms. The molecule has 0 bridgehead atoms. The van der Waals surface area contributed by atoms with Gasteiger partial charge in [0, 0.05) is 14.6 Å². The summed E-state index contributed by atoms with van der Waals surface area (Å²) in [6, 6.07) is 0. The Balaban J connectivity index is 2.34. The highest BCUT2D eigenvalue weighted by Gasteiger charge is 1.64.